The lowest BCUT2D eigenvalue weighted by atomic mass is 10.1. The van der Waals surface area contributed by atoms with Crippen LogP contribution in [-0.4, -0.2) is 30.5 Å². The number of nitrogens with one attached hydrogen (secondary N) is 1. The van der Waals surface area contributed by atoms with E-state index in [0.717, 1.165) is 16.7 Å². The van der Waals surface area contributed by atoms with Crippen LogP contribution in [0.4, 0.5) is 0 Å². The van der Waals surface area contributed by atoms with Gasteiger partial charge in [0.2, 0.25) is 5.91 Å². The Hall–Kier alpha value is -2.37. The normalized spacial score (nSPS) is 10.6. The molecule has 0 radical (unpaired) electrons. The Balaban J connectivity index is 1.79. The Bertz CT molecular complexity index is 648. The number of amides is 1. The van der Waals surface area contributed by atoms with Crippen molar-refractivity contribution in [3.63, 3.8) is 0 Å². The summed E-state index contributed by atoms with van der Waals surface area (Å²) in [4.78, 5) is 26.7. The van der Waals surface area contributed by atoms with Crippen LogP contribution in [0.5, 0.6) is 0 Å². The van der Waals surface area contributed by atoms with E-state index in [0.29, 0.717) is 18.9 Å². The highest BCUT2D eigenvalue weighted by molar-refractivity contribution is 5.81. The molecule has 0 spiro atoms. The average Bonchev–Trinajstić information content (AvgIpc) is 2.84. The van der Waals surface area contributed by atoms with E-state index in [1.807, 2.05) is 18.2 Å². The van der Waals surface area contributed by atoms with Crippen molar-refractivity contribution in [1.82, 2.24) is 10.3 Å². The second-order valence-electron chi connectivity index (χ2n) is 4.71. The monoisotopic (exact) mass is 290 g/mol. The molecule has 6 nitrogen and oxygen atoms in total. The number of ether oxygens (including phenoxy) is 1. The van der Waals surface area contributed by atoms with Crippen molar-refractivity contribution in [3.05, 3.63) is 29.7 Å². The lowest BCUT2D eigenvalue weighted by Crippen LogP contribution is -2.26. The number of methoxy groups -OCH3 is 1. The molecule has 0 aliphatic heterocycles. The standard InChI is InChI=1S/C15H18N2O4/c1-10-17-12-4-3-11(9-13(12)21-10)7-8-16-14(18)5-6-15(19)20-2/h3-4,9H,5-8H2,1-2H3,(H,16,18). The molecule has 1 aromatic carbocycles. The van der Waals surface area contributed by atoms with Crippen LogP contribution in [0.2, 0.25) is 0 Å². The van der Waals surface area contributed by atoms with E-state index in [4.69, 9.17) is 4.42 Å². The molecule has 0 fully saturated rings. The van der Waals surface area contributed by atoms with E-state index in [9.17, 15) is 9.59 Å². The van der Waals surface area contributed by atoms with Crippen molar-refractivity contribution in [1.29, 1.82) is 0 Å². The zero-order valence-electron chi connectivity index (χ0n) is 12.1. The molecule has 1 heterocycles. The fourth-order valence-corrected chi connectivity index (χ4v) is 1.99. The first-order valence-corrected chi connectivity index (χ1v) is 6.78. The second kappa shape index (κ2) is 6.88. The maximum atomic E-state index is 11.5. The van der Waals surface area contributed by atoms with Gasteiger partial charge < -0.3 is 14.5 Å². The van der Waals surface area contributed by atoms with Crippen LogP contribution < -0.4 is 5.32 Å². The minimum absolute atomic E-state index is 0.103. The van der Waals surface area contributed by atoms with Crippen LogP contribution in [-0.2, 0) is 20.7 Å². The summed E-state index contributed by atoms with van der Waals surface area (Å²) in [5, 5.41) is 2.77. The van der Waals surface area contributed by atoms with Gasteiger partial charge in [0.05, 0.1) is 13.5 Å². The number of carbonyl (C=O) groups is 2. The summed E-state index contributed by atoms with van der Waals surface area (Å²) in [5.41, 5.74) is 2.65. The zero-order valence-corrected chi connectivity index (χ0v) is 12.1. The minimum atomic E-state index is -0.378. The van der Waals surface area contributed by atoms with Crippen LogP contribution in [0.25, 0.3) is 11.1 Å². The van der Waals surface area contributed by atoms with Gasteiger partial charge in [0.1, 0.15) is 5.52 Å². The van der Waals surface area contributed by atoms with E-state index >= 15 is 0 Å². The van der Waals surface area contributed by atoms with Crippen molar-refractivity contribution < 1.29 is 18.7 Å². The Morgan fingerprint density at radius 1 is 1.33 bits per heavy atom. The lowest BCUT2D eigenvalue weighted by molar-refractivity contribution is -0.142. The van der Waals surface area contributed by atoms with Gasteiger partial charge in [0.15, 0.2) is 11.5 Å². The van der Waals surface area contributed by atoms with Crippen LogP contribution in [0.1, 0.15) is 24.3 Å². The predicted octanol–water partition coefficient (Wildman–Crippen LogP) is 1.75. The third-order valence-corrected chi connectivity index (χ3v) is 3.08. The Kier molecular flexibility index (Phi) is 4.92. The number of fused-ring (bicyclic) bond motifs is 1. The molecule has 112 valence electrons. The first kappa shape index (κ1) is 15.0. The average molecular weight is 290 g/mol. The van der Waals surface area contributed by atoms with Crippen LogP contribution >= 0.6 is 0 Å². The summed E-state index contributed by atoms with van der Waals surface area (Å²) < 4.78 is 9.95. The molecule has 0 aliphatic rings. The van der Waals surface area contributed by atoms with Gasteiger partial charge in [-0.25, -0.2) is 4.98 Å². The van der Waals surface area contributed by atoms with Gasteiger partial charge in [-0.1, -0.05) is 6.07 Å². The highest BCUT2D eigenvalue weighted by atomic mass is 16.5. The summed E-state index contributed by atoms with van der Waals surface area (Å²) in [7, 11) is 1.31. The van der Waals surface area contributed by atoms with Crippen molar-refractivity contribution >= 4 is 23.0 Å². The van der Waals surface area contributed by atoms with Gasteiger partial charge >= 0.3 is 5.97 Å². The SMILES string of the molecule is COC(=O)CCC(=O)NCCc1ccc2nc(C)oc2c1. The van der Waals surface area contributed by atoms with Gasteiger partial charge in [-0.05, 0) is 24.1 Å². The zero-order chi connectivity index (χ0) is 15.2. The first-order chi connectivity index (χ1) is 10.1. The summed E-state index contributed by atoms with van der Waals surface area (Å²) in [5.74, 6) is 0.103. The number of nitrogens with zero attached hydrogens (tertiary/aromatic N) is 1. The molecule has 0 atom stereocenters. The molecule has 21 heavy (non-hydrogen) atoms. The summed E-state index contributed by atoms with van der Waals surface area (Å²) in [6, 6.07) is 5.79. The predicted molar refractivity (Wildman–Crippen MR) is 76.7 cm³/mol. The molecule has 2 aromatic rings. The van der Waals surface area contributed by atoms with Crippen molar-refractivity contribution in [2.45, 2.75) is 26.2 Å². The summed E-state index contributed by atoms with van der Waals surface area (Å²) in [6.07, 6.45) is 0.943. The van der Waals surface area contributed by atoms with E-state index in [-0.39, 0.29) is 24.7 Å². The largest absolute Gasteiger partial charge is 0.469 e. The molecular formula is C15H18N2O4. The van der Waals surface area contributed by atoms with Gasteiger partial charge in [-0.15, -0.1) is 0 Å². The molecule has 2 rings (SSSR count). The van der Waals surface area contributed by atoms with E-state index in [1.165, 1.54) is 7.11 Å². The van der Waals surface area contributed by atoms with E-state index < -0.39 is 0 Å². The van der Waals surface area contributed by atoms with Crippen molar-refractivity contribution in [2.24, 2.45) is 0 Å². The van der Waals surface area contributed by atoms with Gasteiger partial charge in [0.25, 0.3) is 0 Å². The fourth-order valence-electron chi connectivity index (χ4n) is 1.99. The molecule has 1 amide bonds. The fraction of sp³-hybridized carbons (Fsp3) is 0.400. The topological polar surface area (TPSA) is 81.4 Å². The third-order valence-electron chi connectivity index (χ3n) is 3.08. The molecule has 6 heteroatoms. The second-order valence-corrected chi connectivity index (χ2v) is 4.71. The Labute approximate surface area is 122 Å². The van der Waals surface area contributed by atoms with E-state index in [2.05, 4.69) is 15.0 Å². The number of benzene rings is 1. The molecule has 0 aliphatic carbocycles. The Morgan fingerprint density at radius 3 is 2.90 bits per heavy atom. The minimum Gasteiger partial charge on any atom is -0.469 e. The molecule has 1 aromatic heterocycles. The maximum Gasteiger partial charge on any atom is 0.306 e. The molecule has 0 bridgehead atoms. The number of hydrogen-bond donors (Lipinski definition) is 1. The number of carbonyl (C=O) groups excluding carboxylic acids is 2. The number of aromatic nitrogens is 1. The number of oxazole rings is 1. The number of hydrogen-bond acceptors (Lipinski definition) is 5. The smallest absolute Gasteiger partial charge is 0.306 e. The van der Waals surface area contributed by atoms with Crippen molar-refractivity contribution in [2.75, 3.05) is 13.7 Å². The first-order valence-electron chi connectivity index (χ1n) is 6.78. The van der Waals surface area contributed by atoms with Gasteiger partial charge in [0, 0.05) is 19.9 Å². The molecule has 0 saturated heterocycles. The lowest BCUT2D eigenvalue weighted by Gasteiger charge is -2.05. The van der Waals surface area contributed by atoms with Crippen LogP contribution in [0, 0.1) is 6.92 Å². The number of rotatable bonds is 6. The summed E-state index contributed by atoms with van der Waals surface area (Å²) in [6.45, 7) is 2.32. The van der Waals surface area contributed by atoms with Gasteiger partial charge in [-0.2, -0.15) is 0 Å². The molecule has 0 unspecified atom stereocenters. The van der Waals surface area contributed by atoms with Crippen LogP contribution in [0.3, 0.4) is 0 Å². The summed E-state index contributed by atoms with van der Waals surface area (Å²) >= 11 is 0. The quantitative estimate of drug-likeness (QED) is 0.820. The van der Waals surface area contributed by atoms with Gasteiger partial charge in [-0.3, -0.25) is 9.59 Å². The molecular weight excluding hydrogens is 272 g/mol. The maximum absolute atomic E-state index is 11.5. The third kappa shape index (κ3) is 4.30. The van der Waals surface area contributed by atoms with E-state index in [1.54, 1.807) is 6.92 Å². The molecule has 1 N–H and O–H groups in total. The number of aryl methyl sites for hydroxylation is 1. The highest BCUT2D eigenvalue weighted by Gasteiger charge is 2.07. The van der Waals surface area contributed by atoms with Crippen LogP contribution in [0.15, 0.2) is 22.6 Å². The molecule has 0 saturated carbocycles. The highest BCUT2D eigenvalue weighted by Crippen LogP contribution is 2.16. The van der Waals surface area contributed by atoms with Crippen molar-refractivity contribution in [3.8, 4) is 0 Å². The number of esters is 1. The Morgan fingerprint density at radius 2 is 2.14 bits per heavy atom.